The van der Waals surface area contributed by atoms with Crippen molar-refractivity contribution in [3.63, 3.8) is 0 Å². The molecule has 0 bridgehead atoms. The van der Waals surface area contributed by atoms with Crippen molar-refractivity contribution in [3.05, 3.63) is 12.2 Å². The first-order valence-electron chi connectivity index (χ1n) is 12.4. The minimum Gasteiger partial charge on any atom is -0.393 e. The summed E-state index contributed by atoms with van der Waals surface area (Å²) < 4.78 is 32.3. The average Bonchev–Trinajstić information content (AvgIpc) is 2.72. The molecular weight excluding hydrogens is 416 g/mol. The quantitative estimate of drug-likeness (QED) is 0.148. The average molecular weight is 463 g/mol. The lowest BCUT2D eigenvalue weighted by Crippen LogP contribution is -2.16. The zero-order chi connectivity index (χ0) is 23.2. The van der Waals surface area contributed by atoms with Crippen LogP contribution in [0.2, 0.25) is 0 Å². The second kappa shape index (κ2) is 21.0. The molecule has 0 aliphatic heterocycles. The number of unbranched alkanes of at least 4 members (excludes halogenated alkanes) is 11. The Labute approximate surface area is 191 Å². The summed E-state index contributed by atoms with van der Waals surface area (Å²) in [5.41, 5.74) is 0. The van der Waals surface area contributed by atoms with Crippen LogP contribution in [0.3, 0.4) is 0 Å². The molecule has 1 N–H and O–H groups in total. The Balaban J connectivity index is 3.57. The number of hydrogen-bond donors (Lipinski definition) is 1. The monoisotopic (exact) mass is 462 g/mol. The van der Waals surface area contributed by atoms with E-state index in [1.165, 1.54) is 19.3 Å². The highest BCUT2D eigenvalue weighted by molar-refractivity contribution is 7.82. The number of carbonyl (C=O) groups excluding carboxylic acids is 1. The molecule has 0 aliphatic carbocycles. The first kappa shape index (κ1) is 30.1. The van der Waals surface area contributed by atoms with Crippen molar-refractivity contribution in [2.24, 2.45) is 0 Å². The van der Waals surface area contributed by atoms with Crippen molar-refractivity contribution in [1.82, 2.24) is 0 Å². The summed E-state index contributed by atoms with van der Waals surface area (Å²) in [6.45, 7) is 4.32. The van der Waals surface area contributed by atoms with Gasteiger partial charge in [-0.05, 0) is 38.5 Å². The van der Waals surface area contributed by atoms with E-state index in [-0.39, 0.29) is 19.1 Å². The van der Waals surface area contributed by atoms with Gasteiger partial charge in [-0.25, -0.2) is 4.18 Å². The van der Waals surface area contributed by atoms with Crippen molar-refractivity contribution in [2.45, 2.75) is 129 Å². The maximum atomic E-state index is 11.6. The zero-order valence-corrected chi connectivity index (χ0v) is 20.7. The molecule has 0 fully saturated rings. The van der Waals surface area contributed by atoms with Gasteiger partial charge >= 0.3 is 16.4 Å². The molecule has 0 heterocycles. The molecule has 0 aromatic rings. The Morgan fingerprint density at radius 1 is 0.839 bits per heavy atom. The molecule has 0 spiro atoms. The topological polar surface area (TPSA) is 89.9 Å². The Kier molecular flexibility index (Phi) is 20.3. The Bertz CT molecular complexity index is 544. The highest BCUT2D eigenvalue weighted by atomic mass is 32.3. The molecule has 0 unspecified atom stereocenters. The van der Waals surface area contributed by atoms with Crippen molar-refractivity contribution < 1.29 is 26.7 Å². The lowest BCUT2D eigenvalue weighted by atomic mass is 10.1. The third kappa shape index (κ3) is 22.1. The number of carbonyl (C=O) groups is 1. The Morgan fingerprint density at radius 2 is 1.45 bits per heavy atom. The van der Waals surface area contributed by atoms with Crippen LogP contribution in [0.4, 0.5) is 0 Å². The van der Waals surface area contributed by atoms with E-state index in [0.29, 0.717) is 12.8 Å². The van der Waals surface area contributed by atoms with E-state index < -0.39 is 16.4 Å². The van der Waals surface area contributed by atoms with Crippen LogP contribution >= 0.6 is 0 Å². The predicted octanol–water partition coefficient (Wildman–Crippen LogP) is 6.38. The summed E-state index contributed by atoms with van der Waals surface area (Å²) in [7, 11) is -4.22. The van der Waals surface area contributed by atoms with Crippen molar-refractivity contribution in [3.8, 4) is 0 Å². The third-order valence-electron chi connectivity index (χ3n) is 5.14. The number of hydrogen-bond acceptors (Lipinski definition) is 6. The van der Waals surface area contributed by atoms with Gasteiger partial charge in [-0.3, -0.25) is 4.79 Å². The largest absolute Gasteiger partial charge is 0.451 e. The highest BCUT2D eigenvalue weighted by Crippen LogP contribution is 2.11. The number of aliphatic hydroxyl groups excluding tert-OH is 1. The van der Waals surface area contributed by atoms with Crippen LogP contribution in [0.15, 0.2) is 12.2 Å². The first-order chi connectivity index (χ1) is 14.9. The minimum atomic E-state index is -4.22. The molecule has 0 aromatic carbocycles. The predicted molar refractivity (Wildman–Crippen MR) is 126 cm³/mol. The smallest absolute Gasteiger partial charge is 0.393 e. The molecule has 1 atom stereocenters. The van der Waals surface area contributed by atoms with Crippen molar-refractivity contribution in [1.29, 1.82) is 0 Å². The summed E-state index contributed by atoms with van der Waals surface area (Å²) in [6.07, 6.45) is 19.7. The number of allylic oxidation sites excluding steroid dienone is 1. The van der Waals surface area contributed by atoms with Gasteiger partial charge in [0.2, 0.25) is 0 Å². The highest BCUT2D eigenvalue weighted by Gasteiger charge is 2.17. The van der Waals surface area contributed by atoms with Crippen molar-refractivity contribution in [2.75, 3.05) is 6.61 Å². The third-order valence-corrected chi connectivity index (χ3v) is 5.98. The van der Waals surface area contributed by atoms with E-state index in [1.807, 2.05) is 0 Å². The lowest BCUT2D eigenvalue weighted by Gasteiger charge is -2.07. The molecule has 7 heteroatoms. The summed E-state index contributed by atoms with van der Waals surface area (Å²) >= 11 is 0. The van der Waals surface area contributed by atoms with Gasteiger partial charge in [0.1, 0.15) is 0 Å². The van der Waals surface area contributed by atoms with Gasteiger partial charge in [0.25, 0.3) is 0 Å². The molecule has 0 amide bonds. The SMILES string of the molecule is CCCCCCOS(=O)(=O)OC(=O)CCCCCCC/C=C\C[C@H](O)CCCCCC. The second-order valence-electron chi connectivity index (χ2n) is 8.26. The van der Waals surface area contributed by atoms with E-state index >= 15 is 0 Å². The van der Waals surface area contributed by atoms with Crippen LogP contribution in [0.25, 0.3) is 0 Å². The molecule has 0 aliphatic rings. The molecule has 0 aromatic heterocycles. The zero-order valence-electron chi connectivity index (χ0n) is 19.9. The molecular formula is C24H46O6S. The van der Waals surface area contributed by atoms with Gasteiger partial charge in [0.05, 0.1) is 12.7 Å². The fraction of sp³-hybridized carbons (Fsp3) is 0.875. The Hall–Kier alpha value is -0.920. The summed E-state index contributed by atoms with van der Waals surface area (Å²) in [4.78, 5) is 11.6. The number of rotatable bonds is 22. The van der Waals surface area contributed by atoms with E-state index in [9.17, 15) is 18.3 Å². The lowest BCUT2D eigenvalue weighted by molar-refractivity contribution is -0.134. The van der Waals surface area contributed by atoms with Crippen LogP contribution in [0.5, 0.6) is 0 Å². The molecule has 0 saturated carbocycles. The molecule has 184 valence electrons. The molecule has 6 nitrogen and oxygen atoms in total. The summed E-state index contributed by atoms with van der Waals surface area (Å²) in [6, 6.07) is 0. The molecule has 0 saturated heterocycles. The molecule has 0 radical (unpaired) electrons. The fourth-order valence-corrected chi connectivity index (χ4v) is 3.91. The van der Waals surface area contributed by atoms with Gasteiger partial charge in [-0.1, -0.05) is 90.2 Å². The Morgan fingerprint density at radius 3 is 2.16 bits per heavy atom. The van der Waals surface area contributed by atoms with Crippen LogP contribution in [0, 0.1) is 0 Å². The molecule has 31 heavy (non-hydrogen) atoms. The van der Waals surface area contributed by atoms with E-state index in [1.54, 1.807) is 0 Å². The van der Waals surface area contributed by atoms with Crippen LogP contribution in [0.1, 0.15) is 123 Å². The molecule has 0 rings (SSSR count). The van der Waals surface area contributed by atoms with Crippen LogP contribution in [-0.2, 0) is 23.6 Å². The second-order valence-corrected chi connectivity index (χ2v) is 9.48. The van der Waals surface area contributed by atoms with Crippen LogP contribution < -0.4 is 0 Å². The van der Waals surface area contributed by atoms with Gasteiger partial charge in [0.15, 0.2) is 0 Å². The minimum absolute atomic E-state index is 0.0575. The normalized spacial score (nSPS) is 13.0. The standard InChI is InChI=1S/C24H46O6S/c1-3-5-7-15-19-23(25)20-16-13-11-9-10-12-14-17-21-24(26)30-31(27,28)29-22-18-8-6-4-2/h13,16,23,25H,3-12,14-15,17-22H2,1-2H3/b16-13-/t23-/m1/s1. The van der Waals surface area contributed by atoms with E-state index in [0.717, 1.165) is 70.6 Å². The first-order valence-corrected chi connectivity index (χ1v) is 13.7. The maximum absolute atomic E-state index is 11.6. The van der Waals surface area contributed by atoms with E-state index in [2.05, 4.69) is 34.4 Å². The summed E-state index contributed by atoms with van der Waals surface area (Å²) in [5, 5.41) is 9.90. The van der Waals surface area contributed by atoms with Gasteiger partial charge < -0.3 is 9.29 Å². The van der Waals surface area contributed by atoms with Crippen molar-refractivity contribution >= 4 is 16.4 Å². The van der Waals surface area contributed by atoms with Gasteiger partial charge in [-0.2, -0.15) is 8.42 Å². The van der Waals surface area contributed by atoms with E-state index in [4.69, 9.17) is 0 Å². The van der Waals surface area contributed by atoms with Crippen LogP contribution in [-0.4, -0.2) is 32.2 Å². The number of aliphatic hydroxyl groups is 1. The summed E-state index contributed by atoms with van der Waals surface area (Å²) in [5.74, 6) is -0.746. The van der Waals surface area contributed by atoms with Gasteiger partial charge in [0, 0.05) is 6.42 Å². The van der Waals surface area contributed by atoms with Gasteiger partial charge in [-0.15, -0.1) is 0 Å². The fourth-order valence-electron chi connectivity index (χ4n) is 3.23. The maximum Gasteiger partial charge on any atom is 0.451 e.